The summed E-state index contributed by atoms with van der Waals surface area (Å²) in [6, 6.07) is 6.49. The molecule has 1 aliphatic carbocycles. The molecule has 1 amide bonds. The van der Waals surface area contributed by atoms with Crippen LogP contribution < -0.4 is 5.32 Å². The zero-order valence-corrected chi connectivity index (χ0v) is 14.9. The molecule has 23 heavy (non-hydrogen) atoms. The molecule has 1 aromatic heterocycles. The van der Waals surface area contributed by atoms with E-state index in [0.717, 1.165) is 29.7 Å². The SMILES string of the molecule is C[C@@H]1CCc2c(sc(NC(=O)c3ccc(Br)cc3F)c2C#N)C1. The molecule has 1 aromatic carbocycles. The molecule has 0 bridgehead atoms. The second-order valence-corrected chi connectivity index (χ2v) is 7.77. The molecule has 0 fully saturated rings. The van der Waals surface area contributed by atoms with E-state index in [1.807, 2.05) is 0 Å². The summed E-state index contributed by atoms with van der Waals surface area (Å²) in [4.78, 5) is 13.5. The van der Waals surface area contributed by atoms with Crippen molar-refractivity contribution in [3.8, 4) is 6.07 Å². The van der Waals surface area contributed by atoms with Crippen molar-refractivity contribution in [2.24, 2.45) is 5.92 Å². The second-order valence-electron chi connectivity index (χ2n) is 5.75. The van der Waals surface area contributed by atoms with Gasteiger partial charge in [-0.3, -0.25) is 4.79 Å². The largest absolute Gasteiger partial charge is 0.312 e. The summed E-state index contributed by atoms with van der Waals surface area (Å²) in [5.74, 6) is -0.538. The fraction of sp³-hybridized carbons (Fsp3) is 0.294. The van der Waals surface area contributed by atoms with E-state index in [9.17, 15) is 14.4 Å². The molecule has 0 aliphatic heterocycles. The molecule has 6 heteroatoms. The van der Waals surface area contributed by atoms with Crippen LogP contribution in [0.25, 0.3) is 0 Å². The fourth-order valence-corrected chi connectivity index (χ4v) is 4.49. The number of hydrogen-bond acceptors (Lipinski definition) is 3. The minimum absolute atomic E-state index is 0.0307. The van der Waals surface area contributed by atoms with Gasteiger partial charge in [0.2, 0.25) is 0 Å². The number of benzene rings is 1. The average Bonchev–Trinajstić information content (AvgIpc) is 2.82. The van der Waals surface area contributed by atoms with Gasteiger partial charge in [0.1, 0.15) is 16.9 Å². The predicted molar refractivity (Wildman–Crippen MR) is 92.3 cm³/mol. The first-order valence-electron chi connectivity index (χ1n) is 7.30. The van der Waals surface area contributed by atoms with E-state index in [1.165, 1.54) is 23.5 Å². The lowest BCUT2D eigenvalue weighted by atomic mass is 9.88. The average molecular weight is 393 g/mol. The molecule has 3 nitrogen and oxygen atoms in total. The molecule has 0 saturated carbocycles. The minimum atomic E-state index is -0.592. The first kappa shape index (κ1) is 16.2. The summed E-state index contributed by atoms with van der Waals surface area (Å²) >= 11 is 4.60. The molecular weight excluding hydrogens is 379 g/mol. The maximum Gasteiger partial charge on any atom is 0.259 e. The number of halogens is 2. The number of nitriles is 1. The number of nitrogens with zero attached hydrogens (tertiary/aromatic N) is 1. The Hall–Kier alpha value is -1.71. The maximum absolute atomic E-state index is 13.9. The van der Waals surface area contributed by atoms with Gasteiger partial charge in [0, 0.05) is 9.35 Å². The Morgan fingerprint density at radius 1 is 1.52 bits per heavy atom. The van der Waals surface area contributed by atoms with Gasteiger partial charge in [-0.25, -0.2) is 4.39 Å². The number of nitrogens with one attached hydrogen (secondary N) is 1. The summed E-state index contributed by atoms with van der Waals surface area (Å²) in [6.45, 7) is 2.18. The Bertz CT molecular complexity index is 825. The van der Waals surface area contributed by atoms with Gasteiger partial charge < -0.3 is 5.32 Å². The first-order chi connectivity index (χ1) is 11.0. The lowest BCUT2D eigenvalue weighted by Gasteiger charge is -2.17. The molecule has 2 aromatic rings. The number of fused-ring (bicyclic) bond motifs is 1. The van der Waals surface area contributed by atoms with Gasteiger partial charge in [-0.1, -0.05) is 22.9 Å². The van der Waals surface area contributed by atoms with E-state index in [2.05, 4.69) is 34.2 Å². The normalized spacial score (nSPS) is 16.5. The third-order valence-electron chi connectivity index (χ3n) is 4.03. The number of hydrogen-bond donors (Lipinski definition) is 1. The minimum Gasteiger partial charge on any atom is -0.312 e. The van der Waals surface area contributed by atoms with Crippen LogP contribution in [-0.4, -0.2) is 5.91 Å². The monoisotopic (exact) mass is 392 g/mol. The lowest BCUT2D eigenvalue weighted by molar-refractivity contribution is 0.102. The summed E-state index contributed by atoms with van der Waals surface area (Å²) in [7, 11) is 0. The van der Waals surface area contributed by atoms with Crippen LogP contribution in [0.4, 0.5) is 9.39 Å². The van der Waals surface area contributed by atoms with Crippen molar-refractivity contribution >= 4 is 38.2 Å². The van der Waals surface area contributed by atoms with Crippen molar-refractivity contribution in [2.45, 2.75) is 26.2 Å². The first-order valence-corrected chi connectivity index (χ1v) is 8.91. The van der Waals surface area contributed by atoms with E-state index in [-0.39, 0.29) is 5.56 Å². The molecule has 0 saturated heterocycles. The smallest absolute Gasteiger partial charge is 0.259 e. The van der Waals surface area contributed by atoms with Gasteiger partial charge in [0.15, 0.2) is 0 Å². The Balaban J connectivity index is 1.91. The summed E-state index contributed by atoms with van der Waals surface area (Å²) < 4.78 is 14.5. The third-order valence-corrected chi connectivity index (χ3v) is 5.69. The van der Waals surface area contributed by atoms with Crippen molar-refractivity contribution in [2.75, 3.05) is 5.32 Å². The van der Waals surface area contributed by atoms with Crippen LogP contribution in [0, 0.1) is 23.1 Å². The quantitative estimate of drug-likeness (QED) is 0.789. The molecule has 3 rings (SSSR count). The number of rotatable bonds is 2. The second kappa shape index (κ2) is 6.42. The van der Waals surface area contributed by atoms with E-state index < -0.39 is 11.7 Å². The Morgan fingerprint density at radius 3 is 3.00 bits per heavy atom. The Kier molecular flexibility index (Phi) is 4.51. The molecule has 1 N–H and O–H groups in total. The molecule has 0 spiro atoms. The number of amides is 1. The highest BCUT2D eigenvalue weighted by Gasteiger charge is 2.25. The fourth-order valence-electron chi connectivity index (χ4n) is 2.80. The van der Waals surface area contributed by atoms with E-state index in [1.54, 1.807) is 6.07 Å². The zero-order valence-electron chi connectivity index (χ0n) is 12.5. The van der Waals surface area contributed by atoms with Gasteiger partial charge in [-0.05, 0) is 48.9 Å². The van der Waals surface area contributed by atoms with E-state index in [0.29, 0.717) is 21.0 Å². The van der Waals surface area contributed by atoms with Crippen LogP contribution in [0.1, 0.15) is 39.7 Å². The number of carbonyl (C=O) groups excluding carboxylic acids is 1. The topological polar surface area (TPSA) is 52.9 Å². The standard InChI is InChI=1S/C17H14BrFN2OS/c1-9-2-4-11-13(8-20)17(23-15(11)6-9)21-16(22)12-5-3-10(18)7-14(12)19/h3,5,7,9H,2,4,6H2,1H3,(H,21,22)/t9-/m1/s1. The summed E-state index contributed by atoms with van der Waals surface area (Å²) in [6.07, 6.45) is 2.84. The predicted octanol–water partition coefficient (Wildman–Crippen LogP) is 4.90. The van der Waals surface area contributed by atoms with Crippen LogP contribution in [-0.2, 0) is 12.8 Å². The highest BCUT2D eigenvalue weighted by atomic mass is 79.9. The Labute approximate surface area is 146 Å². The van der Waals surface area contributed by atoms with Gasteiger partial charge >= 0.3 is 0 Å². The molecule has 1 heterocycles. The molecule has 0 unspecified atom stereocenters. The third kappa shape index (κ3) is 3.17. The van der Waals surface area contributed by atoms with E-state index in [4.69, 9.17) is 0 Å². The maximum atomic E-state index is 13.9. The highest BCUT2D eigenvalue weighted by molar-refractivity contribution is 9.10. The molecule has 1 atom stereocenters. The van der Waals surface area contributed by atoms with Gasteiger partial charge in [0.25, 0.3) is 5.91 Å². The molecular formula is C17H14BrFN2OS. The van der Waals surface area contributed by atoms with Crippen molar-refractivity contribution in [3.05, 3.63) is 50.1 Å². The summed E-state index contributed by atoms with van der Waals surface area (Å²) in [5.41, 5.74) is 1.54. The van der Waals surface area contributed by atoms with Crippen molar-refractivity contribution in [1.29, 1.82) is 5.26 Å². The number of carbonyl (C=O) groups is 1. The Morgan fingerprint density at radius 2 is 2.30 bits per heavy atom. The van der Waals surface area contributed by atoms with Crippen LogP contribution in [0.5, 0.6) is 0 Å². The van der Waals surface area contributed by atoms with Crippen LogP contribution >= 0.6 is 27.3 Å². The lowest BCUT2D eigenvalue weighted by Crippen LogP contribution is -2.13. The van der Waals surface area contributed by atoms with Gasteiger partial charge in [-0.2, -0.15) is 5.26 Å². The summed E-state index contributed by atoms with van der Waals surface area (Å²) in [5, 5.41) is 12.7. The van der Waals surface area contributed by atoms with Gasteiger partial charge in [0.05, 0.1) is 11.1 Å². The van der Waals surface area contributed by atoms with E-state index >= 15 is 0 Å². The van der Waals surface area contributed by atoms with Crippen LogP contribution in [0.3, 0.4) is 0 Å². The number of anilines is 1. The van der Waals surface area contributed by atoms with Crippen molar-refractivity contribution in [3.63, 3.8) is 0 Å². The van der Waals surface area contributed by atoms with Crippen LogP contribution in [0.2, 0.25) is 0 Å². The van der Waals surface area contributed by atoms with Crippen molar-refractivity contribution < 1.29 is 9.18 Å². The molecule has 118 valence electrons. The van der Waals surface area contributed by atoms with Crippen LogP contribution in [0.15, 0.2) is 22.7 Å². The highest BCUT2D eigenvalue weighted by Crippen LogP contribution is 2.39. The molecule has 1 aliphatic rings. The molecule has 0 radical (unpaired) electrons. The van der Waals surface area contributed by atoms with Gasteiger partial charge in [-0.15, -0.1) is 11.3 Å². The zero-order chi connectivity index (χ0) is 16.6. The number of thiophene rings is 1. The van der Waals surface area contributed by atoms with Crippen molar-refractivity contribution in [1.82, 2.24) is 0 Å².